The summed E-state index contributed by atoms with van der Waals surface area (Å²) in [5.74, 6) is -1.09. The zero-order chi connectivity index (χ0) is 13.8. The van der Waals surface area contributed by atoms with E-state index in [1.165, 1.54) is 18.2 Å². The smallest absolute Gasteiger partial charge is 0.254 e. The first-order chi connectivity index (χ1) is 9.08. The van der Waals surface area contributed by atoms with Crippen molar-refractivity contribution in [2.45, 2.75) is 13.0 Å². The van der Waals surface area contributed by atoms with Gasteiger partial charge in [-0.15, -0.1) is 0 Å². The molecular weight excluding hydrogens is 267 g/mol. The van der Waals surface area contributed by atoms with Crippen molar-refractivity contribution in [2.75, 3.05) is 0 Å². The van der Waals surface area contributed by atoms with E-state index in [1.54, 1.807) is 24.5 Å². The molecule has 0 radical (unpaired) electrons. The SMILES string of the molecule is CC(NC(=O)c1cc(Cl)ccc1F)c1ccncc1. The second-order valence-electron chi connectivity index (χ2n) is 4.10. The lowest BCUT2D eigenvalue weighted by Gasteiger charge is -2.14. The molecule has 0 aliphatic heterocycles. The largest absolute Gasteiger partial charge is 0.345 e. The Morgan fingerprint density at radius 2 is 2.00 bits per heavy atom. The lowest BCUT2D eigenvalue weighted by molar-refractivity contribution is 0.0936. The molecule has 3 nitrogen and oxygen atoms in total. The van der Waals surface area contributed by atoms with Crippen LogP contribution in [-0.4, -0.2) is 10.9 Å². The van der Waals surface area contributed by atoms with Crippen LogP contribution < -0.4 is 5.32 Å². The average Bonchev–Trinajstić information content (AvgIpc) is 2.42. The van der Waals surface area contributed by atoms with Crippen LogP contribution in [0.15, 0.2) is 42.7 Å². The molecule has 0 spiro atoms. The highest BCUT2D eigenvalue weighted by atomic mass is 35.5. The Hall–Kier alpha value is -1.94. The number of carbonyl (C=O) groups is 1. The molecule has 0 fully saturated rings. The summed E-state index contributed by atoms with van der Waals surface area (Å²) in [4.78, 5) is 15.9. The molecule has 2 aromatic rings. The predicted molar refractivity (Wildman–Crippen MR) is 71.5 cm³/mol. The summed E-state index contributed by atoms with van der Waals surface area (Å²) in [6.07, 6.45) is 3.27. The molecule has 98 valence electrons. The quantitative estimate of drug-likeness (QED) is 0.935. The molecule has 1 atom stereocenters. The van der Waals surface area contributed by atoms with Gasteiger partial charge in [-0.25, -0.2) is 4.39 Å². The molecule has 1 aromatic carbocycles. The predicted octanol–water partition coefficient (Wildman–Crippen LogP) is 3.37. The van der Waals surface area contributed by atoms with Crippen molar-refractivity contribution >= 4 is 17.5 Å². The van der Waals surface area contributed by atoms with Crippen LogP contribution in [0, 0.1) is 5.82 Å². The van der Waals surface area contributed by atoms with Gasteiger partial charge in [-0.3, -0.25) is 9.78 Å². The van der Waals surface area contributed by atoms with Gasteiger partial charge in [0.1, 0.15) is 5.82 Å². The van der Waals surface area contributed by atoms with Gasteiger partial charge in [0, 0.05) is 17.4 Å². The Labute approximate surface area is 115 Å². The van der Waals surface area contributed by atoms with Gasteiger partial charge in [-0.1, -0.05) is 11.6 Å². The van der Waals surface area contributed by atoms with Crippen molar-refractivity contribution in [1.82, 2.24) is 10.3 Å². The van der Waals surface area contributed by atoms with Gasteiger partial charge >= 0.3 is 0 Å². The van der Waals surface area contributed by atoms with Gasteiger partial charge in [0.15, 0.2) is 0 Å². The van der Waals surface area contributed by atoms with Crippen LogP contribution in [0.2, 0.25) is 5.02 Å². The first-order valence-corrected chi connectivity index (χ1v) is 6.11. The van der Waals surface area contributed by atoms with Gasteiger partial charge in [0.2, 0.25) is 0 Å². The first kappa shape index (κ1) is 13.5. The minimum atomic E-state index is -0.594. The number of pyridine rings is 1. The van der Waals surface area contributed by atoms with Crippen molar-refractivity contribution in [3.8, 4) is 0 Å². The van der Waals surface area contributed by atoms with E-state index in [0.717, 1.165) is 5.56 Å². The lowest BCUT2D eigenvalue weighted by Crippen LogP contribution is -2.27. The van der Waals surface area contributed by atoms with Crippen LogP contribution in [0.25, 0.3) is 0 Å². The maximum absolute atomic E-state index is 13.5. The van der Waals surface area contributed by atoms with Crippen molar-refractivity contribution in [2.24, 2.45) is 0 Å². The van der Waals surface area contributed by atoms with E-state index in [9.17, 15) is 9.18 Å². The molecule has 1 unspecified atom stereocenters. The maximum atomic E-state index is 13.5. The molecule has 1 aromatic heterocycles. The van der Waals surface area contributed by atoms with Crippen LogP contribution >= 0.6 is 11.6 Å². The molecular formula is C14H12ClFN2O. The van der Waals surface area contributed by atoms with Crippen molar-refractivity contribution < 1.29 is 9.18 Å². The Bertz CT molecular complexity index is 589. The average molecular weight is 279 g/mol. The van der Waals surface area contributed by atoms with Gasteiger partial charge in [0.05, 0.1) is 11.6 Å². The van der Waals surface area contributed by atoms with E-state index in [2.05, 4.69) is 10.3 Å². The number of halogens is 2. The standard InChI is InChI=1S/C14H12ClFN2O/c1-9(10-4-6-17-7-5-10)18-14(19)12-8-11(15)2-3-13(12)16/h2-9H,1H3,(H,18,19). The number of benzene rings is 1. The molecule has 5 heteroatoms. The fraction of sp³-hybridized carbons (Fsp3) is 0.143. The highest BCUT2D eigenvalue weighted by molar-refractivity contribution is 6.31. The molecule has 0 bridgehead atoms. The third kappa shape index (κ3) is 3.29. The number of nitrogens with zero attached hydrogens (tertiary/aromatic N) is 1. The number of aromatic nitrogens is 1. The Balaban J connectivity index is 2.15. The molecule has 1 amide bonds. The fourth-order valence-corrected chi connectivity index (χ4v) is 1.85. The molecule has 0 saturated heterocycles. The maximum Gasteiger partial charge on any atom is 0.254 e. The number of rotatable bonds is 3. The fourth-order valence-electron chi connectivity index (χ4n) is 1.68. The zero-order valence-electron chi connectivity index (χ0n) is 10.2. The molecule has 1 heterocycles. The summed E-state index contributed by atoms with van der Waals surface area (Å²) in [5.41, 5.74) is 0.833. The number of nitrogens with one attached hydrogen (secondary N) is 1. The molecule has 19 heavy (non-hydrogen) atoms. The number of amides is 1. The van der Waals surface area contributed by atoms with Crippen LogP contribution in [0.3, 0.4) is 0 Å². The summed E-state index contributed by atoms with van der Waals surface area (Å²) in [5, 5.41) is 3.04. The van der Waals surface area contributed by atoms with Crippen LogP contribution in [0.5, 0.6) is 0 Å². The topological polar surface area (TPSA) is 42.0 Å². The van der Waals surface area contributed by atoms with Gasteiger partial charge < -0.3 is 5.32 Å². The Morgan fingerprint density at radius 3 is 2.68 bits per heavy atom. The Morgan fingerprint density at radius 1 is 1.32 bits per heavy atom. The third-order valence-corrected chi connectivity index (χ3v) is 2.96. The van der Waals surface area contributed by atoms with E-state index in [1.807, 2.05) is 6.92 Å². The molecule has 1 N–H and O–H groups in total. The summed E-state index contributed by atoms with van der Waals surface area (Å²) in [6.45, 7) is 1.82. The van der Waals surface area contributed by atoms with Crippen LogP contribution in [-0.2, 0) is 0 Å². The summed E-state index contributed by atoms with van der Waals surface area (Å²) in [6, 6.07) is 7.23. The monoisotopic (exact) mass is 278 g/mol. The summed E-state index contributed by atoms with van der Waals surface area (Å²) < 4.78 is 13.5. The molecule has 0 aliphatic rings. The van der Waals surface area contributed by atoms with Crippen molar-refractivity contribution in [3.63, 3.8) is 0 Å². The summed E-state index contributed by atoms with van der Waals surface area (Å²) in [7, 11) is 0. The second-order valence-corrected chi connectivity index (χ2v) is 4.54. The normalized spacial score (nSPS) is 11.9. The second kappa shape index (κ2) is 5.80. The van der Waals surface area contributed by atoms with E-state index in [0.29, 0.717) is 5.02 Å². The van der Waals surface area contributed by atoms with Crippen LogP contribution in [0.4, 0.5) is 4.39 Å². The van der Waals surface area contributed by atoms with E-state index < -0.39 is 11.7 Å². The third-order valence-electron chi connectivity index (χ3n) is 2.73. The molecule has 0 aliphatic carbocycles. The van der Waals surface area contributed by atoms with Crippen molar-refractivity contribution in [3.05, 3.63) is 64.7 Å². The van der Waals surface area contributed by atoms with E-state index in [-0.39, 0.29) is 11.6 Å². The van der Waals surface area contributed by atoms with Gasteiger partial charge in [-0.2, -0.15) is 0 Å². The highest BCUT2D eigenvalue weighted by Crippen LogP contribution is 2.17. The van der Waals surface area contributed by atoms with Crippen molar-refractivity contribution in [1.29, 1.82) is 0 Å². The van der Waals surface area contributed by atoms with E-state index in [4.69, 9.17) is 11.6 Å². The number of hydrogen-bond acceptors (Lipinski definition) is 2. The summed E-state index contributed by atoms with van der Waals surface area (Å²) >= 11 is 5.76. The minimum Gasteiger partial charge on any atom is -0.345 e. The van der Waals surface area contributed by atoms with Crippen LogP contribution in [0.1, 0.15) is 28.9 Å². The van der Waals surface area contributed by atoms with E-state index >= 15 is 0 Å². The lowest BCUT2D eigenvalue weighted by atomic mass is 10.1. The van der Waals surface area contributed by atoms with Gasteiger partial charge in [-0.05, 0) is 42.8 Å². The molecule has 0 saturated carbocycles. The minimum absolute atomic E-state index is 0.0617. The highest BCUT2D eigenvalue weighted by Gasteiger charge is 2.15. The first-order valence-electron chi connectivity index (χ1n) is 5.74. The number of hydrogen-bond donors (Lipinski definition) is 1. The van der Waals surface area contributed by atoms with Gasteiger partial charge in [0.25, 0.3) is 5.91 Å². The molecule has 2 rings (SSSR count). The zero-order valence-corrected chi connectivity index (χ0v) is 11.0. The number of carbonyl (C=O) groups excluding carboxylic acids is 1. The Kier molecular flexibility index (Phi) is 4.12.